The zero-order chi connectivity index (χ0) is 11.4. The van der Waals surface area contributed by atoms with E-state index in [1.807, 2.05) is 10.9 Å². The SMILES string of the molecule is CC(C)c1cn(CCN2CCOCC2)nn1. The van der Waals surface area contributed by atoms with Gasteiger partial charge in [0, 0.05) is 25.8 Å². The van der Waals surface area contributed by atoms with Gasteiger partial charge in [-0.2, -0.15) is 0 Å². The number of ether oxygens (including phenoxy) is 1. The van der Waals surface area contributed by atoms with Crippen LogP contribution in [0.1, 0.15) is 25.5 Å². The van der Waals surface area contributed by atoms with Crippen LogP contribution in [-0.4, -0.2) is 52.7 Å². The molecule has 0 aromatic carbocycles. The highest BCUT2D eigenvalue weighted by Gasteiger charge is 2.10. The van der Waals surface area contributed by atoms with Gasteiger partial charge in [0.25, 0.3) is 0 Å². The van der Waals surface area contributed by atoms with Crippen molar-refractivity contribution in [2.24, 2.45) is 0 Å². The first-order valence-corrected chi connectivity index (χ1v) is 5.96. The Bertz CT molecular complexity index is 318. The van der Waals surface area contributed by atoms with Gasteiger partial charge in [-0.15, -0.1) is 5.10 Å². The highest BCUT2D eigenvalue weighted by atomic mass is 16.5. The Morgan fingerprint density at radius 2 is 2.06 bits per heavy atom. The van der Waals surface area contributed by atoms with Crippen molar-refractivity contribution in [3.8, 4) is 0 Å². The second kappa shape index (κ2) is 5.41. The van der Waals surface area contributed by atoms with Gasteiger partial charge in [0.05, 0.1) is 25.5 Å². The predicted octanol–water partition coefficient (Wildman–Crippen LogP) is 0.734. The summed E-state index contributed by atoms with van der Waals surface area (Å²) in [6.07, 6.45) is 2.05. The van der Waals surface area contributed by atoms with Gasteiger partial charge in [-0.05, 0) is 5.92 Å². The zero-order valence-electron chi connectivity index (χ0n) is 10.1. The molecule has 1 aliphatic rings. The van der Waals surface area contributed by atoms with Crippen LogP contribution < -0.4 is 0 Å². The van der Waals surface area contributed by atoms with Crippen LogP contribution in [0.15, 0.2) is 6.20 Å². The van der Waals surface area contributed by atoms with Crippen molar-refractivity contribution in [1.82, 2.24) is 19.9 Å². The molecule has 2 heterocycles. The molecule has 1 fully saturated rings. The maximum absolute atomic E-state index is 5.31. The van der Waals surface area contributed by atoms with Gasteiger partial charge in [0.2, 0.25) is 0 Å². The molecule has 0 unspecified atom stereocenters. The number of hydrogen-bond donors (Lipinski definition) is 0. The minimum absolute atomic E-state index is 0.456. The molecule has 2 rings (SSSR count). The lowest BCUT2D eigenvalue weighted by Crippen LogP contribution is -2.38. The Labute approximate surface area is 96.4 Å². The molecule has 5 heteroatoms. The lowest BCUT2D eigenvalue weighted by molar-refractivity contribution is 0.0359. The number of nitrogens with zero attached hydrogens (tertiary/aromatic N) is 4. The van der Waals surface area contributed by atoms with E-state index in [0.717, 1.165) is 45.1 Å². The fourth-order valence-corrected chi connectivity index (χ4v) is 1.76. The third-order valence-electron chi connectivity index (χ3n) is 2.90. The van der Waals surface area contributed by atoms with Crippen molar-refractivity contribution in [3.63, 3.8) is 0 Å². The van der Waals surface area contributed by atoms with E-state index < -0.39 is 0 Å². The molecule has 0 atom stereocenters. The van der Waals surface area contributed by atoms with Crippen molar-refractivity contribution in [3.05, 3.63) is 11.9 Å². The molecule has 90 valence electrons. The molecule has 16 heavy (non-hydrogen) atoms. The highest BCUT2D eigenvalue weighted by Crippen LogP contribution is 2.09. The van der Waals surface area contributed by atoms with Crippen molar-refractivity contribution < 1.29 is 4.74 Å². The van der Waals surface area contributed by atoms with E-state index in [1.54, 1.807) is 0 Å². The van der Waals surface area contributed by atoms with Crippen LogP contribution in [0.5, 0.6) is 0 Å². The normalized spacial score (nSPS) is 18.2. The van der Waals surface area contributed by atoms with Crippen LogP contribution in [0.4, 0.5) is 0 Å². The van der Waals surface area contributed by atoms with Gasteiger partial charge in [0.1, 0.15) is 0 Å². The molecular formula is C11H20N4O. The standard InChI is InChI=1S/C11H20N4O/c1-10(2)11-9-15(13-12-11)4-3-14-5-7-16-8-6-14/h9-10H,3-8H2,1-2H3. The Hall–Kier alpha value is -0.940. The average Bonchev–Trinajstić information content (AvgIpc) is 2.76. The van der Waals surface area contributed by atoms with E-state index in [1.165, 1.54) is 0 Å². The summed E-state index contributed by atoms with van der Waals surface area (Å²) in [6, 6.07) is 0. The van der Waals surface area contributed by atoms with E-state index in [4.69, 9.17) is 4.74 Å². The molecule has 5 nitrogen and oxygen atoms in total. The Kier molecular flexibility index (Phi) is 3.90. The second-order valence-corrected chi connectivity index (χ2v) is 4.52. The minimum atomic E-state index is 0.456. The van der Waals surface area contributed by atoms with Gasteiger partial charge >= 0.3 is 0 Å². The minimum Gasteiger partial charge on any atom is -0.379 e. The molecule has 0 saturated carbocycles. The predicted molar refractivity (Wildman–Crippen MR) is 61.4 cm³/mol. The summed E-state index contributed by atoms with van der Waals surface area (Å²) in [7, 11) is 0. The number of morpholine rings is 1. The first-order chi connectivity index (χ1) is 7.75. The molecule has 0 N–H and O–H groups in total. The maximum Gasteiger partial charge on any atom is 0.0852 e. The van der Waals surface area contributed by atoms with E-state index in [-0.39, 0.29) is 0 Å². The topological polar surface area (TPSA) is 43.2 Å². The van der Waals surface area contributed by atoms with Crippen LogP contribution in [0.25, 0.3) is 0 Å². The van der Waals surface area contributed by atoms with E-state index in [2.05, 4.69) is 29.1 Å². The first kappa shape index (κ1) is 11.5. The van der Waals surface area contributed by atoms with Crippen molar-refractivity contribution in [2.75, 3.05) is 32.8 Å². The lowest BCUT2D eigenvalue weighted by Gasteiger charge is -2.26. The summed E-state index contributed by atoms with van der Waals surface area (Å²) in [5, 5.41) is 8.28. The molecule has 0 amide bonds. The molecular weight excluding hydrogens is 204 g/mol. The fraction of sp³-hybridized carbons (Fsp3) is 0.818. The third kappa shape index (κ3) is 3.02. The average molecular weight is 224 g/mol. The molecule has 1 aromatic rings. The van der Waals surface area contributed by atoms with Gasteiger partial charge in [-0.1, -0.05) is 19.1 Å². The van der Waals surface area contributed by atoms with Crippen molar-refractivity contribution in [1.29, 1.82) is 0 Å². The molecule has 1 aromatic heterocycles. The summed E-state index contributed by atoms with van der Waals surface area (Å²) in [5.41, 5.74) is 1.07. The largest absolute Gasteiger partial charge is 0.379 e. The lowest BCUT2D eigenvalue weighted by atomic mass is 10.2. The van der Waals surface area contributed by atoms with Crippen LogP contribution in [-0.2, 0) is 11.3 Å². The number of aromatic nitrogens is 3. The fourth-order valence-electron chi connectivity index (χ4n) is 1.76. The van der Waals surface area contributed by atoms with Gasteiger partial charge in [-0.3, -0.25) is 9.58 Å². The number of rotatable bonds is 4. The summed E-state index contributed by atoms with van der Waals surface area (Å²) in [4.78, 5) is 2.40. The summed E-state index contributed by atoms with van der Waals surface area (Å²) < 4.78 is 7.25. The molecule has 1 saturated heterocycles. The van der Waals surface area contributed by atoms with E-state index in [9.17, 15) is 0 Å². The van der Waals surface area contributed by atoms with Gasteiger partial charge in [-0.25, -0.2) is 0 Å². The Morgan fingerprint density at radius 3 is 2.69 bits per heavy atom. The maximum atomic E-state index is 5.31. The van der Waals surface area contributed by atoms with Crippen LogP contribution in [0.3, 0.4) is 0 Å². The zero-order valence-corrected chi connectivity index (χ0v) is 10.1. The molecule has 0 spiro atoms. The van der Waals surface area contributed by atoms with Crippen LogP contribution in [0, 0.1) is 0 Å². The summed E-state index contributed by atoms with van der Waals surface area (Å²) in [5.74, 6) is 0.456. The highest BCUT2D eigenvalue weighted by molar-refractivity contribution is 4.98. The summed E-state index contributed by atoms with van der Waals surface area (Å²) in [6.45, 7) is 10.00. The third-order valence-corrected chi connectivity index (χ3v) is 2.90. The molecule has 0 bridgehead atoms. The molecule has 0 aliphatic carbocycles. The molecule has 0 radical (unpaired) electrons. The van der Waals surface area contributed by atoms with Crippen LogP contribution in [0.2, 0.25) is 0 Å². The quantitative estimate of drug-likeness (QED) is 0.756. The first-order valence-electron chi connectivity index (χ1n) is 5.96. The monoisotopic (exact) mass is 224 g/mol. The van der Waals surface area contributed by atoms with Crippen molar-refractivity contribution >= 4 is 0 Å². The summed E-state index contributed by atoms with van der Waals surface area (Å²) >= 11 is 0. The van der Waals surface area contributed by atoms with Crippen molar-refractivity contribution in [2.45, 2.75) is 26.3 Å². The van der Waals surface area contributed by atoms with Gasteiger partial charge in [0.15, 0.2) is 0 Å². The van der Waals surface area contributed by atoms with E-state index >= 15 is 0 Å². The van der Waals surface area contributed by atoms with E-state index in [0.29, 0.717) is 5.92 Å². The second-order valence-electron chi connectivity index (χ2n) is 4.52. The Morgan fingerprint density at radius 1 is 1.31 bits per heavy atom. The van der Waals surface area contributed by atoms with Gasteiger partial charge < -0.3 is 4.74 Å². The van der Waals surface area contributed by atoms with Crippen LogP contribution >= 0.6 is 0 Å². The molecule has 1 aliphatic heterocycles. The smallest absolute Gasteiger partial charge is 0.0852 e. The Balaban J connectivity index is 1.79. The number of hydrogen-bond acceptors (Lipinski definition) is 4.